The van der Waals surface area contributed by atoms with Gasteiger partial charge in [0.15, 0.2) is 0 Å². The molecule has 0 saturated heterocycles. The number of amides is 1. The molecule has 4 nitrogen and oxygen atoms in total. The van der Waals surface area contributed by atoms with Crippen LogP contribution in [0.15, 0.2) is 24.3 Å². The molecule has 1 aliphatic rings. The van der Waals surface area contributed by atoms with Gasteiger partial charge in [0.1, 0.15) is 5.75 Å². The molecule has 1 aromatic carbocycles. The van der Waals surface area contributed by atoms with E-state index in [2.05, 4.69) is 10.1 Å². The molecule has 2 N–H and O–H groups in total. The summed E-state index contributed by atoms with van der Waals surface area (Å²) in [7, 11) is 0. The molecule has 1 aromatic rings. The molecule has 1 aliphatic carbocycles. The van der Waals surface area contributed by atoms with Crippen LogP contribution in [0.5, 0.6) is 5.75 Å². The molecule has 0 aromatic heterocycles. The standard InChI is InChI=1S/C16H21F2NO3/c1-2-16(7-4-8-16)14(21)19-10-13(20)11-5-3-6-12(9-11)22-15(17)18/h3,5-6,9,13,15,20H,2,4,7-8,10H2,1H3,(H,19,21). The summed E-state index contributed by atoms with van der Waals surface area (Å²) in [6, 6.07) is 5.87. The minimum Gasteiger partial charge on any atom is -0.435 e. The van der Waals surface area contributed by atoms with Crippen molar-refractivity contribution in [1.29, 1.82) is 0 Å². The molecule has 0 spiro atoms. The number of ether oxygens (including phenoxy) is 1. The zero-order chi connectivity index (χ0) is 16.2. The molecular weight excluding hydrogens is 292 g/mol. The van der Waals surface area contributed by atoms with Gasteiger partial charge in [0.2, 0.25) is 5.91 Å². The monoisotopic (exact) mass is 313 g/mol. The van der Waals surface area contributed by atoms with Gasteiger partial charge in [0.05, 0.1) is 6.10 Å². The number of nitrogens with one attached hydrogen (secondary N) is 1. The molecular formula is C16H21F2NO3. The first-order valence-electron chi connectivity index (χ1n) is 7.48. The van der Waals surface area contributed by atoms with Crippen molar-refractivity contribution in [2.45, 2.75) is 45.3 Å². The molecule has 1 unspecified atom stereocenters. The first-order valence-corrected chi connectivity index (χ1v) is 7.48. The quantitative estimate of drug-likeness (QED) is 0.813. The van der Waals surface area contributed by atoms with Crippen molar-refractivity contribution in [3.8, 4) is 5.75 Å². The van der Waals surface area contributed by atoms with E-state index in [9.17, 15) is 18.7 Å². The summed E-state index contributed by atoms with van der Waals surface area (Å²) in [5, 5.41) is 12.9. The van der Waals surface area contributed by atoms with Crippen molar-refractivity contribution in [2.24, 2.45) is 5.41 Å². The van der Waals surface area contributed by atoms with Gasteiger partial charge in [0.25, 0.3) is 0 Å². The Labute approximate surface area is 128 Å². The number of aliphatic hydroxyl groups is 1. The minimum atomic E-state index is -2.91. The number of rotatable bonds is 7. The van der Waals surface area contributed by atoms with Crippen LogP contribution in [0.3, 0.4) is 0 Å². The third-order valence-electron chi connectivity index (χ3n) is 4.39. The summed E-state index contributed by atoms with van der Waals surface area (Å²) in [4.78, 5) is 12.2. The number of halogens is 2. The lowest BCUT2D eigenvalue weighted by Gasteiger charge is -2.39. The van der Waals surface area contributed by atoms with E-state index in [1.807, 2.05) is 6.92 Å². The molecule has 22 heavy (non-hydrogen) atoms. The van der Waals surface area contributed by atoms with Crippen molar-refractivity contribution in [2.75, 3.05) is 6.54 Å². The SMILES string of the molecule is CCC1(C(=O)NCC(O)c2cccc(OC(F)F)c2)CCC1. The van der Waals surface area contributed by atoms with Crippen LogP contribution in [-0.2, 0) is 4.79 Å². The van der Waals surface area contributed by atoms with E-state index >= 15 is 0 Å². The Morgan fingerprint density at radius 1 is 1.45 bits per heavy atom. The van der Waals surface area contributed by atoms with E-state index < -0.39 is 12.7 Å². The number of aliphatic hydroxyl groups excluding tert-OH is 1. The minimum absolute atomic E-state index is 0.0121. The number of carbonyl (C=O) groups excluding carboxylic acids is 1. The van der Waals surface area contributed by atoms with E-state index in [0.29, 0.717) is 5.56 Å². The summed E-state index contributed by atoms with van der Waals surface area (Å²) in [5.74, 6) is -0.0535. The van der Waals surface area contributed by atoms with E-state index in [4.69, 9.17) is 0 Å². The third kappa shape index (κ3) is 3.74. The van der Waals surface area contributed by atoms with E-state index in [1.54, 1.807) is 6.07 Å². The number of hydrogen-bond acceptors (Lipinski definition) is 3. The maximum Gasteiger partial charge on any atom is 0.387 e. The molecule has 0 bridgehead atoms. The lowest BCUT2D eigenvalue weighted by Crippen LogP contribution is -2.46. The Hall–Kier alpha value is -1.69. The molecule has 6 heteroatoms. The molecule has 1 fully saturated rings. The maximum absolute atomic E-state index is 12.2. The first kappa shape index (κ1) is 16.7. The van der Waals surface area contributed by atoms with Crippen LogP contribution in [0.1, 0.15) is 44.3 Å². The van der Waals surface area contributed by atoms with Gasteiger partial charge in [0, 0.05) is 12.0 Å². The van der Waals surface area contributed by atoms with Crippen molar-refractivity contribution in [3.05, 3.63) is 29.8 Å². The largest absolute Gasteiger partial charge is 0.435 e. The molecule has 122 valence electrons. The van der Waals surface area contributed by atoms with Crippen LogP contribution >= 0.6 is 0 Å². The van der Waals surface area contributed by atoms with Gasteiger partial charge in [-0.1, -0.05) is 25.5 Å². The highest BCUT2D eigenvalue weighted by atomic mass is 19.3. The molecule has 1 saturated carbocycles. The lowest BCUT2D eigenvalue weighted by atomic mass is 9.66. The number of hydrogen-bond donors (Lipinski definition) is 2. The third-order valence-corrected chi connectivity index (χ3v) is 4.39. The smallest absolute Gasteiger partial charge is 0.387 e. The second-order valence-electron chi connectivity index (χ2n) is 5.66. The predicted octanol–water partition coefficient (Wildman–Crippen LogP) is 3.02. The highest BCUT2D eigenvalue weighted by Crippen LogP contribution is 2.43. The fourth-order valence-electron chi connectivity index (χ4n) is 2.74. The zero-order valence-electron chi connectivity index (χ0n) is 12.5. The normalized spacial score (nSPS) is 17.7. The fraction of sp³-hybridized carbons (Fsp3) is 0.562. The van der Waals surface area contributed by atoms with Crippen molar-refractivity contribution >= 4 is 5.91 Å². The average Bonchev–Trinajstić information content (AvgIpc) is 2.43. The highest BCUT2D eigenvalue weighted by molar-refractivity contribution is 5.83. The fourth-order valence-corrected chi connectivity index (χ4v) is 2.74. The van der Waals surface area contributed by atoms with Crippen LogP contribution in [-0.4, -0.2) is 24.2 Å². The van der Waals surface area contributed by atoms with Gasteiger partial charge in [-0.2, -0.15) is 8.78 Å². The van der Waals surface area contributed by atoms with Gasteiger partial charge >= 0.3 is 6.61 Å². The van der Waals surface area contributed by atoms with E-state index in [-0.39, 0.29) is 23.6 Å². The number of alkyl halides is 2. The van der Waals surface area contributed by atoms with Gasteiger partial charge in [-0.15, -0.1) is 0 Å². The Morgan fingerprint density at radius 2 is 2.18 bits per heavy atom. The van der Waals surface area contributed by atoms with Crippen molar-refractivity contribution < 1.29 is 23.4 Å². The summed E-state index contributed by atoms with van der Waals surface area (Å²) < 4.78 is 28.7. The first-order chi connectivity index (χ1) is 10.5. The molecule has 0 heterocycles. The maximum atomic E-state index is 12.2. The summed E-state index contributed by atoms with van der Waals surface area (Å²) in [6.07, 6.45) is 2.63. The Balaban J connectivity index is 1.92. The second kappa shape index (κ2) is 7.05. The summed E-state index contributed by atoms with van der Waals surface area (Å²) in [6.45, 7) is -0.867. The van der Waals surface area contributed by atoms with Crippen LogP contribution in [0.25, 0.3) is 0 Å². The highest BCUT2D eigenvalue weighted by Gasteiger charge is 2.42. The molecule has 2 rings (SSSR count). The summed E-state index contributed by atoms with van der Waals surface area (Å²) in [5.41, 5.74) is 0.137. The lowest BCUT2D eigenvalue weighted by molar-refractivity contribution is -0.136. The van der Waals surface area contributed by atoms with Gasteiger partial charge in [-0.05, 0) is 37.0 Å². The molecule has 0 radical (unpaired) electrons. The zero-order valence-corrected chi connectivity index (χ0v) is 12.5. The molecule has 1 atom stereocenters. The van der Waals surface area contributed by atoms with Crippen LogP contribution < -0.4 is 10.1 Å². The van der Waals surface area contributed by atoms with E-state index in [0.717, 1.165) is 25.7 Å². The van der Waals surface area contributed by atoms with Gasteiger partial charge in [-0.3, -0.25) is 4.79 Å². The van der Waals surface area contributed by atoms with Crippen LogP contribution in [0.4, 0.5) is 8.78 Å². The molecule has 0 aliphatic heterocycles. The van der Waals surface area contributed by atoms with Gasteiger partial charge in [-0.25, -0.2) is 0 Å². The second-order valence-corrected chi connectivity index (χ2v) is 5.66. The van der Waals surface area contributed by atoms with Crippen molar-refractivity contribution in [3.63, 3.8) is 0 Å². The molecule has 1 amide bonds. The Bertz CT molecular complexity index is 512. The van der Waals surface area contributed by atoms with Crippen LogP contribution in [0.2, 0.25) is 0 Å². The Morgan fingerprint density at radius 3 is 2.73 bits per heavy atom. The summed E-state index contributed by atoms with van der Waals surface area (Å²) >= 11 is 0. The topological polar surface area (TPSA) is 58.6 Å². The van der Waals surface area contributed by atoms with Gasteiger partial charge < -0.3 is 15.2 Å². The van der Waals surface area contributed by atoms with Crippen molar-refractivity contribution in [1.82, 2.24) is 5.32 Å². The predicted molar refractivity (Wildman–Crippen MR) is 77.6 cm³/mol. The Kier molecular flexibility index (Phi) is 5.34. The number of carbonyl (C=O) groups is 1. The number of benzene rings is 1. The van der Waals surface area contributed by atoms with Crippen LogP contribution in [0, 0.1) is 5.41 Å². The van der Waals surface area contributed by atoms with E-state index in [1.165, 1.54) is 18.2 Å². The average molecular weight is 313 g/mol.